The highest BCUT2D eigenvalue weighted by Gasteiger charge is 2.15. The lowest BCUT2D eigenvalue weighted by Crippen LogP contribution is -2.22. The van der Waals surface area contributed by atoms with Crippen molar-refractivity contribution >= 4 is 0 Å². The number of nitrogens with one attached hydrogen (secondary N) is 1. The molecule has 1 unspecified atom stereocenters. The number of benzene rings is 1. The van der Waals surface area contributed by atoms with Crippen LogP contribution in [0.1, 0.15) is 43.0 Å². The van der Waals surface area contributed by atoms with Crippen molar-refractivity contribution in [2.45, 2.75) is 33.2 Å². The molecule has 1 aromatic carbocycles. The third-order valence-electron chi connectivity index (χ3n) is 3.49. The van der Waals surface area contributed by atoms with E-state index in [1.54, 1.807) is 0 Å². The van der Waals surface area contributed by atoms with E-state index in [1.807, 2.05) is 24.5 Å². The van der Waals surface area contributed by atoms with Crippen molar-refractivity contribution < 1.29 is 4.74 Å². The van der Waals surface area contributed by atoms with E-state index in [0.29, 0.717) is 0 Å². The number of nitrogens with zero attached hydrogens (tertiary/aromatic N) is 1. The van der Waals surface area contributed by atoms with Crippen LogP contribution >= 0.6 is 0 Å². The zero-order chi connectivity index (χ0) is 15.1. The third-order valence-corrected chi connectivity index (χ3v) is 3.49. The van der Waals surface area contributed by atoms with Crippen LogP contribution in [0.3, 0.4) is 0 Å². The maximum atomic E-state index is 5.65. The molecule has 0 radical (unpaired) electrons. The Labute approximate surface area is 127 Å². The summed E-state index contributed by atoms with van der Waals surface area (Å²) in [6.07, 6.45) is 4.81. The van der Waals surface area contributed by atoms with Gasteiger partial charge < -0.3 is 10.1 Å². The highest BCUT2D eigenvalue weighted by Crippen LogP contribution is 2.25. The number of hydrogen-bond donors (Lipinski definition) is 1. The van der Waals surface area contributed by atoms with E-state index in [2.05, 4.69) is 49.3 Å². The molecule has 21 heavy (non-hydrogen) atoms. The molecule has 3 heteroatoms. The largest absolute Gasteiger partial charge is 0.494 e. The van der Waals surface area contributed by atoms with Crippen molar-refractivity contribution in [3.8, 4) is 5.75 Å². The monoisotopic (exact) mass is 284 g/mol. The van der Waals surface area contributed by atoms with Crippen molar-refractivity contribution in [3.63, 3.8) is 0 Å². The van der Waals surface area contributed by atoms with Crippen LogP contribution in [0.4, 0.5) is 0 Å². The van der Waals surface area contributed by atoms with Gasteiger partial charge in [-0.25, -0.2) is 0 Å². The molecule has 2 rings (SSSR count). The molecule has 0 bridgehead atoms. The van der Waals surface area contributed by atoms with Gasteiger partial charge in [0.25, 0.3) is 0 Å². The van der Waals surface area contributed by atoms with Crippen LogP contribution in [-0.4, -0.2) is 18.1 Å². The van der Waals surface area contributed by atoms with Gasteiger partial charge in [0.2, 0.25) is 0 Å². The molecule has 1 N–H and O–H groups in total. The molecule has 0 saturated carbocycles. The summed E-state index contributed by atoms with van der Waals surface area (Å²) >= 11 is 0. The first kappa shape index (κ1) is 15.5. The van der Waals surface area contributed by atoms with Crippen LogP contribution in [-0.2, 0) is 0 Å². The Morgan fingerprint density at radius 1 is 1.14 bits per heavy atom. The maximum Gasteiger partial charge on any atom is 0.119 e. The Morgan fingerprint density at radius 3 is 2.52 bits per heavy atom. The van der Waals surface area contributed by atoms with E-state index < -0.39 is 0 Å². The lowest BCUT2D eigenvalue weighted by Gasteiger charge is -2.20. The molecule has 3 nitrogen and oxygen atoms in total. The van der Waals surface area contributed by atoms with Crippen molar-refractivity contribution in [2.75, 3.05) is 13.2 Å². The molecule has 1 aromatic heterocycles. The highest BCUT2D eigenvalue weighted by molar-refractivity contribution is 5.37. The predicted octanol–water partition coefficient (Wildman–Crippen LogP) is 3.88. The van der Waals surface area contributed by atoms with Gasteiger partial charge in [0.05, 0.1) is 12.6 Å². The molecule has 0 amide bonds. The molecule has 0 spiro atoms. The second-order valence-corrected chi connectivity index (χ2v) is 5.14. The van der Waals surface area contributed by atoms with Crippen molar-refractivity contribution in [2.24, 2.45) is 0 Å². The summed E-state index contributed by atoms with van der Waals surface area (Å²) in [7, 11) is 0. The molecule has 1 atom stereocenters. The minimum absolute atomic E-state index is 0.170. The van der Waals surface area contributed by atoms with E-state index >= 15 is 0 Å². The Bertz CT molecular complexity index is 551. The first-order valence-corrected chi connectivity index (χ1v) is 7.63. The lowest BCUT2D eigenvalue weighted by atomic mass is 9.96. The first-order chi connectivity index (χ1) is 10.3. The van der Waals surface area contributed by atoms with E-state index in [9.17, 15) is 0 Å². The van der Waals surface area contributed by atoms with Gasteiger partial charge in [0.15, 0.2) is 0 Å². The van der Waals surface area contributed by atoms with Gasteiger partial charge in [-0.2, -0.15) is 0 Å². The third kappa shape index (κ3) is 4.05. The lowest BCUT2D eigenvalue weighted by molar-refractivity contribution is 0.317. The normalized spacial score (nSPS) is 12.1. The standard InChI is InChI=1S/C18H24N2O/c1-4-12-21-16-8-6-15(7-9-16)18(20-5-2)17-13-19-11-10-14(17)3/h6-11,13,18,20H,4-5,12H2,1-3H3. The molecule has 0 saturated heterocycles. The van der Waals surface area contributed by atoms with E-state index in [1.165, 1.54) is 16.7 Å². The summed E-state index contributed by atoms with van der Waals surface area (Å²) in [6, 6.07) is 10.6. The Kier molecular flexibility index (Phi) is 5.76. The number of pyridine rings is 1. The molecule has 112 valence electrons. The molecule has 0 aliphatic carbocycles. The molecule has 0 aliphatic rings. The van der Waals surface area contributed by atoms with E-state index in [-0.39, 0.29) is 6.04 Å². The van der Waals surface area contributed by atoms with Gasteiger partial charge in [-0.3, -0.25) is 4.98 Å². The van der Waals surface area contributed by atoms with Crippen molar-refractivity contribution in [1.82, 2.24) is 10.3 Å². The number of rotatable bonds is 7. The molecular formula is C18H24N2O. The summed E-state index contributed by atoms with van der Waals surface area (Å²) < 4.78 is 5.65. The smallest absolute Gasteiger partial charge is 0.119 e. The molecular weight excluding hydrogens is 260 g/mol. The maximum absolute atomic E-state index is 5.65. The second kappa shape index (κ2) is 7.79. The number of hydrogen-bond acceptors (Lipinski definition) is 3. The summed E-state index contributed by atoms with van der Waals surface area (Å²) in [5.74, 6) is 0.929. The SMILES string of the molecule is CCCOc1ccc(C(NCC)c2cnccc2C)cc1. The van der Waals surface area contributed by atoms with Crippen LogP contribution in [0, 0.1) is 6.92 Å². The predicted molar refractivity (Wildman–Crippen MR) is 86.7 cm³/mol. The van der Waals surface area contributed by atoms with E-state index in [4.69, 9.17) is 4.74 Å². The van der Waals surface area contributed by atoms with Gasteiger partial charge in [0, 0.05) is 12.4 Å². The topological polar surface area (TPSA) is 34.1 Å². The van der Waals surface area contributed by atoms with Gasteiger partial charge >= 0.3 is 0 Å². The molecule has 0 aliphatic heterocycles. The highest BCUT2D eigenvalue weighted by atomic mass is 16.5. The number of aromatic nitrogens is 1. The first-order valence-electron chi connectivity index (χ1n) is 7.63. The quantitative estimate of drug-likeness (QED) is 0.838. The minimum atomic E-state index is 0.170. The fourth-order valence-corrected chi connectivity index (χ4v) is 2.37. The fourth-order valence-electron chi connectivity index (χ4n) is 2.37. The Hall–Kier alpha value is -1.87. The van der Waals surface area contributed by atoms with Crippen LogP contribution in [0.15, 0.2) is 42.7 Å². The molecule has 2 aromatic rings. The van der Waals surface area contributed by atoms with Crippen LogP contribution in [0.2, 0.25) is 0 Å². The second-order valence-electron chi connectivity index (χ2n) is 5.14. The van der Waals surface area contributed by atoms with Crippen LogP contribution in [0.25, 0.3) is 0 Å². The minimum Gasteiger partial charge on any atom is -0.494 e. The average molecular weight is 284 g/mol. The van der Waals surface area contributed by atoms with Gasteiger partial charge in [-0.1, -0.05) is 26.0 Å². The Balaban J connectivity index is 2.24. The molecule has 0 fully saturated rings. The summed E-state index contributed by atoms with van der Waals surface area (Å²) in [5.41, 5.74) is 3.71. The van der Waals surface area contributed by atoms with Crippen LogP contribution in [0.5, 0.6) is 5.75 Å². The fraction of sp³-hybridized carbons (Fsp3) is 0.389. The summed E-state index contributed by atoms with van der Waals surface area (Å²) in [4.78, 5) is 4.27. The van der Waals surface area contributed by atoms with E-state index in [0.717, 1.165) is 25.3 Å². The summed E-state index contributed by atoms with van der Waals surface area (Å²) in [5, 5.41) is 3.54. The zero-order valence-electron chi connectivity index (χ0n) is 13.1. The van der Waals surface area contributed by atoms with Crippen molar-refractivity contribution in [3.05, 3.63) is 59.4 Å². The van der Waals surface area contributed by atoms with Gasteiger partial charge in [0.1, 0.15) is 5.75 Å². The van der Waals surface area contributed by atoms with Crippen molar-refractivity contribution in [1.29, 1.82) is 0 Å². The average Bonchev–Trinajstić information content (AvgIpc) is 2.52. The number of ether oxygens (including phenoxy) is 1. The molecule has 1 heterocycles. The number of aryl methyl sites for hydroxylation is 1. The van der Waals surface area contributed by atoms with Gasteiger partial charge in [-0.15, -0.1) is 0 Å². The summed E-state index contributed by atoms with van der Waals surface area (Å²) in [6.45, 7) is 8.03. The van der Waals surface area contributed by atoms with Gasteiger partial charge in [-0.05, 0) is 54.8 Å². The van der Waals surface area contributed by atoms with Crippen LogP contribution < -0.4 is 10.1 Å². The zero-order valence-corrected chi connectivity index (χ0v) is 13.1. The Morgan fingerprint density at radius 2 is 1.90 bits per heavy atom.